The van der Waals surface area contributed by atoms with Crippen molar-refractivity contribution in [2.24, 2.45) is 0 Å². The number of carbonyl (C=O) groups excluding carboxylic acids is 1. The van der Waals surface area contributed by atoms with Gasteiger partial charge < -0.3 is 20.8 Å². The highest BCUT2D eigenvalue weighted by Gasteiger charge is 2.29. The highest BCUT2D eigenvalue weighted by Crippen LogP contribution is 2.16. The molecule has 0 aromatic carbocycles. The van der Waals surface area contributed by atoms with Gasteiger partial charge in [0.05, 0.1) is 5.60 Å². The summed E-state index contributed by atoms with van der Waals surface area (Å²) in [6.45, 7) is 1.25. The van der Waals surface area contributed by atoms with E-state index >= 15 is 0 Å². The van der Waals surface area contributed by atoms with Crippen molar-refractivity contribution in [2.45, 2.75) is 18.4 Å². The predicted molar refractivity (Wildman–Crippen MR) is 47.1 cm³/mol. The lowest BCUT2D eigenvalue weighted by Crippen LogP contribution is -2.50. The Balaban J connectivity index is 2.28. The van der Waals surface area contributed by atoms with Crippen LogP contribution in [0.1, 0.15) is 12.8 Å². The average Bonchev–Trinajstić information content (AvgIpc) is 2.15. The standard InChI is InChI=1S/C8H16N2O3/c11-5-7(12)10-6-8(13)1-3-9-4-2-8/h9,11,13H,1-6H2,(H,10,12). The van der Waals surface area contributed by atoms with Crippen molar-refractivity contribution in [3.63, 3.8) is 0 Å². The van der Waals surface area contributed by atoms with Gasteiger partial charge in [-0.2, -0.15) is 0 Å². The highest BCUT2D eigenvalue weighted by atomic mass is 16.3. The minimum absolute atomic E-state index is 0.230. The molecule has 1 aliphatic heterocycles. The molecule has 76 valence electrons. The van der Waals surface area contributed by atoms with Crippen LogP contribution in [0.2, 0.25) is 0 Å². The Kier molecular flexibility index (Phi) is 3.65. The third-order valence-corrected chi connectivity index (χ3v) is 2.29. The highest BCUT2D eigenvalue weighted by molar-refractivity contribution is 5.76. The molecule has 0 saturated carbocycles. The molecule has 0 spiro atoms. The van der Waals surface area contributed by atoms with E-state index in [1.807, 2.05) is 0 Å². The van der Waals surface area contributed by atoms with E-state index in [1.165, 1.54) is 0 Å². The second kappa shape index (κ2) is 4.55. The van der Waals surface area contributed by atoms with E-state index in [0.717, 1.165) is 13.1 Å². The number of hydrogen-bond acceptors (Lipinski definition) is 4. The summed E-state index contributed by atoms with van der Waals surface area (Å²) in [5, 5.41) is 23.9. The molecule has 1 heterocycles. The second-order valence-corrected chi connectivity index (χ2v) is 3.41. The maximum Gasteiger partial charge on any atom is 0.245 e. The van der Waals surface area contributed by atoms with E-state index in [4.69, 9.17) is 5.11 Å². The molecule has 13 heavy (non-hydrogen) atoms. The van der Waals surface area contributed by atoms with Crippen molar-refractivity contribution in [2.75, 3.05) is 26.2 Å². The second-order valence-electron chi connectivity index (χ2n) is 3.41. The molecule has 1 fully saturated rings. The molecule has 0 aromatic heterocycles. The van der Waals surface area contributed by atoms with E-state index in [0.29, 0.717) is 12.8 Å². The van der Waals surface area contributed by atoms with Crippen molar-refractivity contribution in [3.05, 3.63) is 0 Å². The van der Waals surface area contributed by atoms with Crippen LogP contribution in [0, 0.1) is 0 Å². The van der Waals surface area contributed by atoms with Crippen LogP contribution in [0.5, 0.6) is 0 Å². The third-order valence-electron chi connectivity index (χ3n) is 2.29. The lowest BCUT2D eigenvalue weighted by Gasteiger charge is -2.32. The van der Waals surface area contributed by atoms with Crippen molar-refractivity contribution < 1.29 is 15.0 Å². The van der Waals surface area contributed by atoms with E-state index in [1.54, 1.807) is 0 Å². The zero-order valence-corrected chi connectivity index (χ0v) is 7.55. The molecule has 1 rings (SSSR count). The van der Waals surface area contributed by atoms with Crippen LogP contribution in [0.15, 0.2) is 0 Å². The van der Waals surface area contributed by atoms with Crippen LogP contribution in [-0.2, 0) is 4.79 Å². The Hall–Kier alpha value is -0.650. The molecule has 5 heteroatoms. The topological polar surface area (TPSA) is 81.6 Å². The lowest BCUT2D eigenvalue weighted by molar-refractivity contribution is -0.125. The average molecular weight is 188 g/mol. The van der Waals surface area contributed by atoms with Crippen molar-refractivity contribution in [3.8, 4) is 0 Å². The summed E-state index contributed by atoms with van der Waals surface area (Å²) in [5.41, 5.74) is -0.796. The first-order valence-electron chi connectivity index (χ1n) is 4.47. The number of piperidine rings is 1. The van der Waals surface area contributed by atoms with Gasteiger partial charge in [0.15, 0.2) is 0 Å². The van der Waals surface area contributed by atoms with Gasteiger partial charge in [-0.25, -0.2) is 0 Å². The zero-order valence-electron chi connectivity index (χ0n) is 7.55. The van der Waals surface area contributed by atoms with Gasteiger partial charge in [0.1, 0.15) is 6.61 Å². The number of rotatable bonds is 3. The summed E-state index contributed by atoms with van der Waals surface area (Å²) in [4.78, 5) is 10.7. The molecule has 0 bridgehead atoms. The zero-order chi connectivity index (χ0) is 9.73. The van der Waals surface area contributed by atoms with Crippen LogP contribution in [0.3, 0.4) is 0 Å². The largest absolute Gasteiger partial charge is 0.388 e. The Bertz CT molecular complexity index is 178. The SMILES string of the molecule is O=C(CO)NCC1(O)CCNCC1. The molecule has 1 aliphatic rings. The first-order valence-corrected chi connectivity index (χ1v) is 4.47. The summed E-state index contributed by atoms with van der Waals surface area (Å²) in [6, 6.07) is 0. The monoisotopic (exact) mass is 188 g/mol. The summed E-state index contributed by atoms with van der Waals surface area (Å²) >= 11 is 0. The fourth-order valence-corrected chi connectivity index (χ4v) is 1.39. The van der Waals surface area contributed by atoms with Crippen LogP contribution in [0.4, 0.5) is 0 Å². The van der Waals surface area contributed by atoms with Crippen LogP contribution < -0.4 is 10.6 Å². The Morgan fingerprint density at radius 1 is 1.46 bits per heavy atom. The summed E-state index contributed by atoms with van der Waals surface area (Å²) in [7, 11) is 0. The van der Waals surface area contributed by atoms with E-state index in [9.17, 15) is 9.90 Å². The number of carbonyl (C=O) groups is 1. The Morgan fingerprint density at radius 2 is 2.08 bits per heavy atom. The van der Waals surface area contributed by atoms with E-state index in [-0.39, 0.29) is 6.54 Å². The predicted octanol–water partition coefficient (Wildman–Crippen LogP) is -1.79. The van der Waals surface area contributed by atoms with Gasteiger partial charge in [0.2, 0.25) is 5.91 Å². The molecule has 0 aromatic rings. The van der Waals surface area contributed by atoms with Crippen molar-refractivity contribution >= 4 is 5.91 Å². The summed E-state index contributed by atoms with van der Waals surface area (Å²) in [5.74, 6) is -0.438. The normalized spacial score (nSPS) is 21.1. The van der Waals surface area contributed by atoms with E-state index in [2.05, 4.69) is 10.6 Å². The minimum atomic E-state index is -0.796. The first kappa shape index (κ1) is 10.4. The van der Waals surface area contributed by atoms with Gasteiger partial charge in [0.25, 0.3) is 0 Å². The maximum absolute atomic E-state index is 10.7. The minimum Gasteiger partial charge on any atom is -0.388 e. The summed E-state index contributed by atoms with van der Waals surface area (Å²) in [6.07, 6.45) is 1.28. The van der Waals surface area contributed by atoms with Crippen LogP contribution in [0.25, 0.3) is 0 Å². The fraction of sp³-hybridized carbons (Fsp3) is 0.875. The van der Waals surface area contributed by atoms with Gasteiger partial charge in [-0.05, 0) is 25.9 Å². The first-order chi connectivity index (χ1) is 6.16. The van der Waals surface area contributed by atoms with Crippen molar-refractivity contribution in [1.82, 2.24) is 10.6 Å². The molecule has 0 atom stereocenters. The van der Waals surface area contributed by atoms with Crippen LogP contribution in [-0.4, -0.2) is 48.0 Å². The number of aliphatic hydroxyl groups excluding tert-OH is 1. The lowest BCUT2D eigenvalue weighted by atomic mass is 9.92. The molecule has 1 amide bonds. The molecule has 4 N–H and O–H groups in total. The van der Waals surface area contributed by atoms with Gasteiger partial charge in [-0.15, -0.1) is 0 Å². The molecule has 0 aliphatic carbocycles. The number of hydrogen-bond donors (Lipinski definition) is 4. The number of amides is 1. The number of aliphatic hydroxyl groups is 2. The van der Waals surface area contributed by atoms with Gasteiger partial charge in [-0.3, -0.25) is 4.79 Å². The van der Waals surface area contributed by atoms with Gasteiger partial charge in [0, 0.05) is 6.54 Å². The quantitative estimate of drug-likeness (QED) is 0.421. The van der Waals surface area contributed by atoms with Gasteiger partial charge >= 0.3 is 0 Å². The van der Waals surface area contributed by atoms with Crippen molar-refractivity contribution in [1.29, 1.82) is 0 Å². The molecular weight excluding hydrogens is 172 g/mol. The molecular formula is C8H16N2O3. The fourth-order valence-electron chi connectivity index (χ4n) is 1.39. The smallest absolute Gasteiger partial charge is 0.245 e. The Labute approximate surface area is 77.1 Å². The summed E-state index contributed by atoms with van der Waals surface area (Å²) < 4.78 is 0. The van der Waals surface area contributed by atoms with Crippen LogP contribution >= 0.6 is 0 Å². The third kappa shape index (κ3) is 3.30. The number of nitrogens with one attached hydrogen (secondary N) is 2. The molecule has 1 saturated heterocycles. The van der Waals surface area contributed by atoms with Gasteiger partial charge in [-0.1, -0.05) is 0 Å². The Morgan fingerprint density at radius 3 is 2.62 bits per heavy atom. The molecule has 0 radical (unpaired) electrons. The maximum atomic E-state index is 10.7. The van der Waals surface area contributed by atoms with E-state index < -0.39 is 18.1 Å². The molecule has 5 nitrogen and oxygen atoms in total. The molecule has 0 unspecified atom stereocenters.